The second-order valence-electron chi connectivity index (χ2n) is 3.56. The van der Waals surface area contributed by atoms with Gasteiger partial charge in [-0.3, -0.25) is 14.9 Å². The van der Waals surface area contributed by atoms with E-state index in [4.69, 9.17) is 9.47 Å². The van der Waals surface area contributed by atoms with Crippen molar-refractivity contribution in [3.8, 4) is 5.75 Å². The molecule has 0 N–H and O–H groups in total. The molecule has 1 aromatic rings. The van der Waals surface area contributed by atoms with Crippen LogP contribution in [0.3, 0.4) is 0 Å². The lowest BCUT2D eigenvalue weighted by Crippen LogP contribution is -2.01. The van der Waals surface area contributed by atoms with Crippen molar-refractivity contribution in [1.29, 1.82) is 0 Å². The Kier molecular flexibility index (Phi) is 5.53. The predicted octanol–water partition coefficient (Wildman–Crippen LogP) is 2.57. The van der Waals surface area contributed by atoms with Crippen LogP contribution < -0.4 is 4.74 Å². The van der Waals surface area contributed by atoms with Crippen molar-refractivity contribution in [3.63, 3.8) is 0 Å². The number of methoxy groups -OCH3 is 1. The maximum atomic E-state index is 11.2. The molecule has 1 rings (SSSR count). The summed E-state index contributed by atoms with van der Waals surface area (Å²) in [6.07, 6.45) is 3.07. The number of hydrogen-bond acceptors (Lipinski definition) is 5. The van der Waals surface area contributed by atoms with Gasteiger partial charge in [-0.25, -0.2) is 0 Å². The Hall–Kier alpha value is -2.37. The van der Waals surface area contributed by atoms with Crippen molar-refractivity contribution >= 4 is 17.7 Å². The van der Waals surface area contributed by atoms with Crippen LogP contribution in [0, 0.1) is 10.1 Å². The molecule has 0 aliphatic carbocycles. The molecule has 1 aromatic carbocycles. The minimum atomic E-state index is -0.493. The van der Waals surface area contributed by atoms with Gasteiger partial charge in [0.25, 0.3) is 5.69 Å². The summed E-state index contributed by atoms with van der Waals surface area (Å²) < 4.78 is 9.83. The second-order valence-corrected chi connectivity index (χ2v) is 3.56. The van der Waals surface area contributed by atoms with E-state index in [0.717, 1.165) is 0 Å². The van der Waals surface area contributed by atoms with Gasteiger partial charge in [-0.15, -0.1) is 0 Å². The Labute approximate surface area is 110 Å². The van der Waals surface area contributed by atoms with Gasteiger partial charge in [0, 0.05) is 6.07 Å². The summed E-state index contributed by atoms with van der Waals surface area (Å²) in [6.45, 7) is 2.02. The highest BCUT2D eigenvalue weighted by molar-refractivity contribution is 5.74. The van der Waals surface area contributed by atoms with Crippen LogP contribution in [-0.4, -0.2) is 24.6 Å². The van der Waals surface area contributed by atoms with Crippen molar-refractivity contribution in [3.05, 3.63) is 40.0 Å². The number of hydrogen-bond donors (Lipinski definition) is 0. The maximum absolute atomic E-state index is 11.2. The molecule has 0 saturated heterocycles. The SMILES string of the molecule is CCOC(=O)CC=Cc1c(OC)cccc1[N+](=O)[O-]. The van der Waals surface area contributed by atoms with Gasteiger partial charge in [0.15, 0.2) is 0 Å². The van der Waals surface area contributed by atoms with Crippen LogP contribution >= 0.6 is 0 Å². The fourth-order valence-electron chi connectivity index (χ4n) is 1.53. The summed E-state index contributed by atoms with van der Waals surface area (Å²) >= 11 is 0. The van der Waals surface area contributed by atoms with Crippen LogP contribution in [0.1, 0.15) is 18.9 Å². The first kappa shape index (κ1) is 14.7. The van der Waals surface area contributed by atoms with Crippen LogP contribution in [0.2, 0.25) is 0 Å². The molecule has 6 nitrogen and oxygen atoms in total. The standard InChI is InChI=1S/C13H15NO5/c1-3-19-13(15)9-4-6-10-11(14(16)17)7-5-8-12(10)18-2/h4-8H,3,9H2,1-2H3. The normalized spacial score (nSPS) is 10.4. The maximum Gasteiger partial charge on any atom is 0.309 e. The summed E-state index contributed by atoms with van der Waals surface area (Å²) in [5.41, 5.74) is 0.263. The highest BCUT2D eigenvalue weighted by Gasteiger charge is 2.15. The zero-order chi connectivity index (χ0) is 14.3. The van der Waals surface area contributed by atoms with E-state index in [9.17, 15) is 14.9 Å². The molecule has 0 atom stereocenters. The highest BCUT2D eigenvalue weighted by atomic mass is 16.6. The Morgan fingerprint density at radius 2 is 2.21 bits per heavy atom. The third-order valence-electron chi connectivity index (χ3n) is 2.33. The van der Waals surface area contributed by atoms with Crippen molar-refractivity contribution < 1.29 is 19.2 Å². The quantitative estimate of drug-likeness (QED) is 0.448. The lowest BCUT2D eigenvalue weighted by Gasteiger charge is -2.05. The summed E-state index contributed by atoms with van der Waals surface area (Å²) in [4.78, 5) is 21.6. The van der Waals surface area contributed by atoms with Gasteiger partial charge in [0.1, 0.15) is 5.75 Å². The average molecular weight is 265 g/mol. The third-order valence-corrected chi connectivity index (χ3v) is 2.33. The van der Waals surface area contributed by atoms with E-state index >= 15 is 0 Å². The van der Waals surface area contributed by atoms with Crippen molar-refractivity contribution in [2.24, 2.45) is 0 Å². The van der Waals surface area contributed by atoms with Crippen LogP contribution in [-0.2, 0) is 9.53 Å². The molecule has 0 radical (unpaired) electrons. The number of benzene rings is 1. The highest BCUT2D eigenvalue weighted by Crippen LogP contribution is 2.29. The fourth-order valence-corrected chi connectivity index (χ4v) is 1.53. The number of nitro benzene ring substituents is 1. The van der Waals surface area contributed by atoms with Crippen molar-refractivity contribution in [2.45, 2.75) is 13.3 Å². The van der Waals surface area contributed by atoms with Gasteiger partial charge in [-0.2, -0.15) is 0 Å². The molecule has 19 heavy (non-hydrogen) atoms. The van der Waals surface area contributed by atoms with Gasteiger partial charge in [0.2, 0.25) is 0 Å². The van der Waals surface area contributed by atoms with E-state index in [1.54, 1.807) is 19.1 Å². The molecular weight excluding hydrogens is 250 g/mol. The van der Waals surface area contributed by atoms with Gasteiger partial charge in [0.05, 0.1) is 30.6 Å². The van der Waals surface area contributed by atoms with E-state index in [1.807, 2.05) is 0 Å². The van der Waals surface area contributed by atoms with Gasteiger partial charge in [-0.1, -0.05) is 12.1 Å². The van der Waals surface area contributed by atoms with Gasteiger partial charge in [-0.05, 0) is 19.1 Å². The molecule has 0 unspecified atom stereocenters. The number of carbonyl (C=O) groups excluding carboxylic acids is 1. The first-order valence-corrected chi connectivity index (χ1v) is 5.73. The second kappa shape index (κ2) is 7.15. The molecule has 0 spiro atoms. The zero-order valence-electron chi connectivity index (χ0n) is 10.8. The number of ether oxygens (including phenoxy) is 2. The van der Waals surface area contributed by atoms with Crippen molar-refractivity contribution in [1.82, 2.24) is 0 Å². The van der Waals surface area contributed by atoms with Crippen molar-refractivity contribution in [2.75, 3.05) is 13.7 Å². The fraction of sp³-hybridized carbons (Fsp3) is 0.308. The summed E-state index contributed by atoms with van der Waals surface area (Å²) in [5.74, 6) is 0.00519. The first-order chi connectivity index (χ1) is 9.10. The van der Waals surface area contributed by atoms with Crippen LogP contribution in [0.15, 0.2) is 24.3 Å². The largest absolute Gasteiger partial charge is 0.496 e. The molecule has 0 amide bonds. The van der Waals surface area contributed by atoms with E-state index in [2.05, 4.69) is 0 Å². The zero-order valence-corrected chi connectivity index (χ0v) is 10.8. The monoisotopic (exact) mass is 265 g/mol. The van der Waals surface area contributed by atoms with E-state index in [0.29, 0.717) is 17.9 Å². The Morgan fingerprint density at radius 1 is 1.47 bits per heavy atom. The van der Waals surface area contributed by atoms with Gasteiger partial charge < -0.3 is 9.47 Å². The molecule has 6 heteroatoms. The lowest BCUT2D eigenvalue weighted by molar-refractivity contribution is -0.385. The summed E-state index contributed by atoms with van der Waals surface area (Å²) in [7, 11) is 1.43. The number of carbonyl (C=O) groups is 1. The third kappa shape index (κ3) is 4.09. The Morgan fingerprint density at radius 3 is 2.79 bits per heavy atom. The summed E-state index contributed by atoms with van der Waals surface area (Å²) in [6, 6.07) is 4.54. The summed E-state index contributed by atoms with van der Waals surface area (Å²) in [5, 5.41) is 10.9. The Balaban J connectivity index is 2.95. The molecular formula is C13H15NO5. The number of esters is 1. The molecule has 102 valence electrons. The molecule has 0 saturated carbocycles. The minimum Gasteiger partial charge on any atom is -0.496 e. The first-order valence-electron chi connectivity index (χ1n) is 5.73. The molecule has 0 bridgehead atoms. The number of nitro groups is 1. The molecule has 0 aliphatic heterocycles. The predicted molar refractivity (Wildman–Crippen MR) is 69.9 cm³/mol. The molecule has 0 fully saturated rings. The molecule has 0 aromatic heterocycles. The number of nitrogens with zero attached hydrogens (tertiary/aromatic N) is 1. The number of rotatable bonds is 6. The Bertz CT molecular complexity index is 496. The average Bonchev–Trinajstić information content (AvgIpc) is 2.38. The molecule has 0 aliphatic rings. The van der Waals surface area contributed by atoms with E-state index < -0.39 is 4.92 Å². The van der Waals surface area contributed by atoms with Crippen LogP contribution in [0.5, 0.6) is 5.75 Å². The van der Waals surface area contributed by atoms with Crippen LogP contribution in [0.25, 0.3) is 6.08 Å². The van der Waals surface area contributed by atoms with Crippen LogP contribution in [0.4, 0.5) is 5.69 Å². The van der Waals surface area contributed by atoms with Gasteiger partial charge >= 0.3 is 5.97 Å². The van der Waals surface area contributed by atoms with E-state index in [1.165, 1.54) is 25.3 Å². The topological polar surface area (TPSA) is 78.7 Å². The minimum absolute atomic E-state index is 0.0586. The lowest BCUT2D eigenvalue weighted by atomic mass is 10.1. The smallest absolute Gasteiger partial charge is 0.309 e. The van der Waals surface area contributed by atoms with E-state index in [-0.39, 0.29) is 18.1 Å². The molecule has 0 heterocycles.